The van der Waals surface area contributed by atoms with Crippen LogP contribution in [0.15, 0.2) is 48.5 Å². The maximum Gasteiger partial charge on any atom is 0.260 e. The van der Waals surface area contributed by atoms with Crippen LogP contribution < -0.4 is 10.1 Å². The average Bonchev–Trinajstić information content (AvgIpc) is 2.71. The van der Waals surface area contributed by atoms with Crippen LogP contribution in [0.5, 0.6) is 5.75 Å². The molecule has 5 heteroatoms. The molecule has 1 unspecified atom stereocenters. The summed E-state index contributed by atoms with van der Waals surface area (Å²) in [6.07, 6.45) is 1.58. The first-order valence-electron chi connectivity index (χ1n) is 10.2. The van der Waals surface area contributed by atoms with Gasteiger partial charge in [0.2, 0.25) is 5.91 Å². The minimum Gasteiger partial charge on any atom is -0.484 e. The predicted octanol–water partition coefficient (Wildman–Crippen LogP) is 3.63. The van der Waals surface area contributed by atoms with Crippen LogP contribution in [0.2, 0.25) is 0 Å². The summed E-state index contributed by atoms with van der Waals surface area (Å²) in [4.78, 5) is 27.3. The second-order valence-corrected chi connectivity index (χ2v) is 8.19. The number of likely N-dealkylation sites (tertiary alicyclic amines) is 1. The fraction of sp³-hybridized carbons (Fsp3) is 0.417. The van der Waals surface area contributed by atoms with Crippen LogP contribution in [-0.4, -0.2) is 36.4 Å². The number of hydrogen-bond acceptors (Lipinski definition) is 3. The van der Waals surface area contributed by atoms with Crippen molar-refractivity contribution in [1.29, 1.82) is 0 Å². The molecule has 1 saturated heterocycles. The molecule has 1 N–H and O–H groups in total. The molecule has 3 rings (SSSR count). The minimum atomic E-state index is -0.583. The highest BCUT2D eigenvalue weighted by atomic mass is 16.5. The highest BCUT2D eigenvalue weighted by Crippen LogP contribution is 2.30. The molecular weight excluding hydrogens is 364 g/mol. The van der Waals surface area contributed by atoms with E-state index in [1.807, 2.05) is 69.3 Å². The zero-order valence-corrected chi connectivity index (χ0v) is 17.5. The summed E-state index contributed by atoms with van der Waals surface area (Å²) in [7, 11) is 0. The van der Waals surface area contributed by atoms with E-state index in [1.165, 1.54) is 0 Å². The molecule has 1 aliphatic heterocycles. The minimum absolute atomic E-state index is 0.00199. The van der Waals surface area contributed by atoms with Gasteiger partial charge in [-0.15, -0.1) is 0 Å². The third-order valence-corrected chi connectivity index (χ3v) is 5.65. The first-order chi connectivity index (χ1) is 13.9. The van der Waals surface area contributed by atoms with Gasteiger partial charge >= 0.3 is 0 Å². The Bertz CT molecular complexity index is 880. The number of carbonyl (C=O) groups is 2. The summed E-state index contributed by atoms with van der Waals surface area (Å²) >= 11 is 0. The molecule has 1 atom stereocenters. The SMILES string of the molecule is Cc1cccc(OCC(=O)N2CCCC(C)(C(=O)NCc3ccccc3C)C2)c1. The average molecular weight is 395 g/mol. The summed E-state index contributed by atoms with van der Waals surface area (Å²) in [5.74, 6) is 0.607. The lowest BCUT2D eigenvalue weighted by Gasteiger charge is -2.39. The Morgan fingerprint density at radius 3 is 2.69 bits per heavy atom. The van der Waals surface area contributed by atoms with E-state index >= 15 is 0 Å². The molecule has 0 bridgehead atoms. The van der Waals surface area contributed by atoms with E-state index in [4.69, 9.17) is 4.74 Å². The smallest absolute Gasteiger partial charge is 0.260 e. The normalized spacial score (nSPS) is 18.9. The number of nitrogens with one attached hydrogen (secondary N) is 1. The Kier molecular flexibility index (Phi) is 6.57. The van der Waals surface area contributed by atoms with Crippen LogP contribution in [-0.2, 0) is 16.1 Å². The summed E-state index contributed by atoms with van der Waals surface area (Å²) in [6, 6.07) is 15.7. The Hall–Kier alpha value is -2.82. The van der Waals surface area contributed by atoms with Crippen molar-refractivity contribution in [2.45, 2.75) is 40.2 Å². The third-order valence-electron chi connectivity index (χ3n) is 5.65. The van der Waals surface area contributed by atoms with Gasteiger partial charge in [0.1, 0.15) is 5.75 Å². The summed E-state index contributed by atoms with van der Waals surface area (Å²) < 4.78 is 5.66. The van der Waals surface area contributed by atoms with Gasteiger partial charge in [0.05, 0.1) is 5.41 Å². The highest BCUT2D eigenvalue weighted by molar-refractivity contribution is 5.84. The zero-order chi connectivity index (χ0) is 20.9. The fourth-order valence-electron chi connectivity index (χ4n) is 3.78. The van der Waals surface area contributed by atoms with Gasteiger partial charge in [-0.2, -0.15) is 0 Å². The topological polar surface area (TPSA) is 58.6 Å². The van der Waals surface area contributed by atoms with E-state index in [0.29, 0.717) is 25.4 Å². The van der Waals surface area contributed by atoms with E-state index < -0.39 is 5.41 Å². The van der Waals surface area contributed by atoms with E-state index in [9.17, 15) is 9.59 Å². The van der Waals surface area contributed by atoms with Crippen molar-refractivity contribution in [2.75, 3.05) is 19.7 Å². The summed E-state index contributed by atoms with van der Waals surface area (Å²) in [5, 5.41) is 3.07. The molecule has 154 valence electrons. The van der Waals surface area contributed by atoms with Crippen molar-refractivity contribution in [3.63, 3.8) is 0 Å². The quantitative estimate of drug-likeness (QED) is 0.814. The van der Waals surface area contributed by atoms with Crippen LogP contribution in [0.25, 0.3) is 0 Å². The molecule has 2 aromatic carbocycles. The number of benzene rings is 2. The van der Waals surface area contributed by atoms with Gasteiger partial charge < -0.3 is 15.0 Å². The molecule has 0 spiro atoms. The van der Waals surface area contributed by atoms with Crippen LogP contribution in [0, 0.1) is 19.3 Å². The standard InChI is InChI=1S/C24H30N2O3/c1-18-8-6-11-21(14-18)29-16-22(27)26-13-7-12-24(3,17-26)23(28)25-15-20-10-5-4-9-19(20)2/h4-6,8-11,14H,7,12-13,15-17H2,1-3H3,(H,25,28). The third kappa shape index (κ3) is 5.37. The van der Waals surface area contributed by atoms with Crippen LogP contribution in [0.4, 0.5) is 0 Å². The Morgan fingerprint density at radius 2 is 1.93 bits per heavy atom. The second kappa shape index (κ2) is 9.12. The fourth-order valence-corrected chi connectivity index (χ4v) is 3.78. The van der Waals surface area contributed by atoms with E-state index in [0.717, 1.165) is 29.5 Å². The van der Waals surface area contributed by atoms with Crippen molar-refractivity contribution < 1.29 is 14.3 Å². The van der Waals surface area contributed by atoms with Gasteiger partial charge in [-0.1, -0.05) is 36.4 Å². The molecular formula is C24H30N2O3. The first kappa shape index (κ1) is 20.9. The number of hydrogen-bond donors (Lipinski definition) is 1. The first-order valence-corrected chi connectivity index (χ1v) is 10.2. The van der Waals surface area contributed by atoms with E-state index in [1.54, 1.807) is 4.90 Å². The highest BCUT2D eigenvalue weighted by Gasteiger charge is 2.39. The molecule has 1 aliphatic rings. The van der Waals surface area contributed by atoms with Gasteiger partial charge in [0.25, 0.3) is 5.91 Å². The molecule has 1 heterocycles. The van der Waals surface area contributed by atoms with Crippen LogP contribution in [0.1, 0.15) is 36.5 Å². The number of rotatable bonds is 6. The Morgan fingerprint density at radius 1 is 1.14 bits per heavy atom. The van der Waals surface area contributed by atoms with Gasteiger partial charge in [-0.05, 0) is 62.4 Å². The molecule has 0 aromatic heterocycles. The van der Waals surface area contributed by atoms with Crippen molar-refractivity contribution in [3.05, 3.63) is 65.2 Å². The van der Waals surface area contributed by atoms with Gasteiger partial charge in [-0.25, -0.2) is 0 Å². The van der Waals surface area contributed by atoms with Crippen molar-refractivity contribution in [3.8, 4) is 5.75 Å². The summed E-state index contributed by atoms with van der Waals surface area (Å²) in [5.41, 5.74) is 2.78. The van der Waals surface area contributed by atoms with Gasteiger partial charge in [0.15, 0.2) is 6.61 Å². The molecule has 0 saturated carbocycles. The number of ether oxygens (including phenoxy) is 1. The summed E-state index contributed by atoms with van der Waals surface area (Å²) in [6.45, 7) is 7.55. The molecule has 0 aliphatic carbocycles. The molecule has 5 nitrogen and oxygen atoms in total. The van der Waals surface area contributed by atoms with Crippen LogP contribution in [0.3, 0.4) is 0 Å². The second-order valence-electron chi connectivity index (χ2n) is 8.19. The van der Waals surface area contributed by atoms with Crippen molar-refractivity contribution in [1.82, 2.24) is 10.2 Å². The maximum atomic E-state index is 12.9. The number of aryl methyl sites for hydroxylation is 2. The number of carbonyl (C=O) groups excluding carboxylic acids is 2. The lowest BCUT2D eigenvalue weighted by atomic mass is 9.81. The monoisotopic (exact) mass is 394 g/mol. The van der Waals surface area contributed by atoms with Gasteiger partial charge in [-0.3, -0.25) is 9.59 Å². The van der Waals surface area contributed by atoms with E-state index in [2.05, 4.69) is 5.32 Å². The lowest BCUT2D eigenvalue weighted by Crippen LogP contribution is -2.52. The lowest BCUT2D eigenvalue weighted by molar-refractivity contribution is -0.142. The molecule has 1 fully saturated rings. The Balaban J connectivity index is 1.55. The molecule has 0 radical (unpaired) electrons. The number of amides is 2. The number of nitrogens with zero attached hydrogens (tertiary/aromatic N) is 1. The zero-order valence-electron chi connectivity index (χ0n) is 17.5. The van der Waals surface area contributed by atoms with Crippen molar-refractivity contribution >= 4 is 11.8 Å². The molecule has 29 heavy (non-hydrogen) atoms. The maximum absolute atomic E-state index is 12.9. The van der Waals surface area contributed by atoms with E-state index in [-0.39, 0.29) is 18.4 Å². The Labute approximate surface area is 173 Å². The largest absolute Gasteiger partial charge is 0.484 e. The molecule has 2 aromatic rings. The van der Waals surface area contributed by atoms with Gasteiger partial charge in [0, 0.05) is 19.6 Å². The van der Waals surface area contributed by atoms with Crippen molar-refractivity contribution in [2.24, 2.45) is 5.41 Å². The van der Waals surface area contributed by atoms with Crippen LogP contribution >= 0.6 is 0 Å². The predicted molar refractivity (Wildman–Crippen MR) is 114 cm³/mol. The molecule has 2 amide bonds. The number of piperidine rings is 1.